The van der Waals surface area contributed by atoms with Crippen LogP contribution in [0.15, 0.2) is 35.1 Å². The summed E-state index contributed by atoms with van der Waals surface area (Å²) in [5.74, 6) is -0.159. The van der Waals surface area contributed by atoms with Gasteiger partial charge in [0.1, 0.15) is 11.9 Å². The Labute approximate surface area is 195 Å². The minimum Gasteiger partial charge on any atom is -0.339 e. The van der Waals surface area contributed by atoms with Crippen molar-refractivity contribution in [2.45, 2.75) is 37.2 Å². The number of aromatic nitrogens is 2. The number of hydrogen-bond acceptors (Lipinski definition) is 3. The molecule has 30 heavy (non-hydrogen) atoms. The van der Waals surface area contributed by atoms with Crippen LogP contribution >= 0.6 is 47.0 Å². The number of thiocarbonyl (C=S) groups is 1. The summed E-state index contributed by atoms with van der Waals surface area (Å²) in [7, 11) is 1.77. The van der Waals surface area contributed by atoms with E-state index < -0.39 is 9.96 Å². The molecule has 0 aliphatic rings. The highest BCUT2D eigenvalue weighted by Gasteiger charge is 2.35. The fourth-order valence-electron chi connectivity index (χ4n) is 2.78. The summed E-state index contributed by atoms with van der Waals surface area (Å²) >= 11 is 23.3. The number of alkyl halides is 3. The van der Waals surface area contributed by atoms with Crippen LogP contribution in [0.1, 0.15) is 26.0 Å². The number of para-hydroxylation sites is 1. The number of nitrogens with zero attached hydrogens (tertiary/aromatic N) is 2. The van der Waals surface area contributed by atoms with E-state index in [0.29, 0.717) is 11.4 Å². The fraction of sp³-hybridized carbons (Fsp3) is 0.421. The lowest BCUT2D eigenvalue weighted by atomic mass is 10.1. The van der Waals surface area contributed by atoms with Crippen molar-refractivity contribution in [3.8, 4) is 5.69 Å². The molecule has 0 aliphatic carbocycles. The molecule has 2 rings (SSSR count). The second-order valence-corrected chi connectivity index (χ2v) is 9.95. The van der Waals surface area contributed by atoms with Crippen LogP contribution in [0.25, 0.3) is 5.69 Å². The summed E-state index contributed by atoms with van der Waals surface area (Å²) in [6, 6.07) is 9.20. The van der Waals surface area contributed by atoms with Crippen molar-refractivity contribution in [1.82, 2.24) is 20.0 Å². The zero-order chi connectivity index (χ0) is 22.6. The summed E-state index contributed by atoms with van der Waals surface area (Å²) < 4.78 is 1.35. The third-order valence-corrected chi connectivity index (χ3v) is 5.17. The molecule has 0 saturated heterocycles. The van der Waals surface area contributed by atoms with E-state index in [1.54, 1.807) is 18.7 Å². The zero-order valence-electron chi connectivity index (χ0n) is 17.0. The molecule has 1 aromatic heterocycles. The molecular weight excluding hydrogens is 469 g/mol. The Bertz CT molecular complexity index is 967. The maximum atomic E-state index is 13.0. The van der Waals surface area contributed by atoms with Gasteiger partial charge in [-0.25, -0.2) is 4.68 Å². The molecule has 1 unspecified atom stereocenters. The monoisotopic (exact) mass is 491 g/mol. The topological polar surface area (TPSA) is 80.1 Å². The van der Waals surface area contributed by atoms with E-state index in [0.717, 1.165) is 0 Å². The van der Waals surface area contributed by atoms with Crippen molar-refractivity contribution in [3.63, 3.8) is 0 Å². The van der Waals surface area contributed by atoms with Gasteiger partial charge in [0, 0.05) is 13.5 Å². The first-order chi connectivity index (χ1) is 13.9. The molecule has 0 spiro atoms. The van der Waals surface area contributed by atoms with Crippen molar-refractivity contribution < 1.29 is 4.79 Å². The summed E-state index contributed by atoms with van der Waals surface area (Å²) in [6.07, 6.45) is -0.826. The molecule has 164 valence electrons. The Morgan fingerprint density at radius 1 is 1.17 bits per heavy atom. The van der Waals surface area contributed by atoms with Crippen molar-refractivity contribution >= 4 is 63.7 Å². The molecule has 0 bridgehead atoms. The number of hydrogen-bond donors (Lipinski definition) is 3. The van der Waals surface area contributed by atoms with E-state index in [1.165, 1.54) is 4.68 Å². The molecule has 3 N–H and O–H groups in total. The maximum absolute atomic E-state index is 13.0. The van der Waals surface area contributed by atoms with Gasteiger partial charge in [-0.15, -0.1) is 0 Å². The van der Waals surface area contributed by atoms with Gasteiger partial charge in [-0.1, -0.05) is 66.8 Å². The van der Waals surface area contributed by atoms with Crippen LogP contribution in [0.3, 0.4) is 0 Å². The Morgan fingerprint density at radius 2 is 1.77 bits per heavy atom. The van der Waals surface area contributed by atoms with Crippen LogP contribution in [0.5, 0.6) is 0 Å². The van der Waals surface area contributed by atoms with E-state index in [4.69, 9.17) is 47.0 Å². The van der Waals surface area contributed by atoms with Gasteiger partial charge in [0.15, 0.2) is 5.11 Å². The Balaban J connectivity index is 2.22. The number of anilines is 1. The first-order valence-electron chi connectivity index (χ1n) is 9.19. The molecule has 7 nitrogen and oxygen atoms in total. The number of carbonyl (C=O) groups is 1. The van der Waals surface area contributed by atoms with Gasteiger partial charge >= 0.3 is 0 Å². The van der Waals surface area contributed by atoms with Crippen molar-refractivity contribution in [3.05, 3.63) is 46.4 Å². The maximum Gasteiger partial charge on any atom is 0.295 e. The molecule has 11 heteroatoms. The largest absolute Gasteiger partial charge is 0.339 e. The van der Waals surface area contributed by atoms with Crippen LogP contribution in [0.2, 0.25) is 0 Å². The van der Waals surface area contributed by atoms with Crippen molar-refractivity contribution in [2.75, 3.05) is 5.32 Å². The lowest BCUT2D eigenvalue weighted by Gasteiger charge is -2.28. The second kappa shape index (κ2) is 10.0. The predicted molar refractivity (Wildman–Crippen MR) is 127 cm³/mol. The van der Waals surface area contributed by atoms with Gasteiger partial charge < -0.3 is 16.0 Å². The highest BCUT2D eigenvalue weighted by Crippen LogP contribution is 2.29. The lowest BCUT2D eigenvalue weighted by Crippen LogP contribution is -2.56. The third-order valence-electron chi connectivity index (χ3n) is 4.29. The first-order valence-corrected chi connectivity index (χ1v) is 10.7. The minimum atomic E-state index is -1.87. The first kappa shape index (κ1) is 24.5. The van der Waals surface area contributed by atoms with Gasteiger partial charge in [-0.3, -0.25) is 14.3 Å². The molecule has 1 amide bonds. The van der Waals surface area contributed by atoms with Crippen LogP contribution in [-0.4, -0.2) is 30.3 Å². The number of carbonyl (C=O) groups excluding carboxylic acids is 1. The standard InChI is InChI=1S/C19H24Cl3N5O2S/c1-11(2)10-14(28)23-17(19(20,21)22)25-18(30)24-15-12(3)26(4)27(16(15)29)13-8-6-5-7-9-13/h5-9,11,17H,10H2,1-4H3,(H,23,28)(H2,24,25,30). The van der Waals surface area contributed by atoms with Crippen LogP contribution in [0.4, 0.5) is 5.69 Å². The Kier molecular flexibility index (Phi) is 8.21. The number of amides is 1. The van der Waals surface area contributed by atoms with Crippen LogP contribution < -0.4 is 21.5 Å². The molecule has 2 aromatic rings. The van der Waals surface area contributed by atoms with E-state index >= 15 is 0 Å². The Hall–Kier alpha value is -1.74. The lowest BCUT2D eigenvalue weighted by molar-refractivity contribution is -0.122. The van der Waals surface area contributed by atoms with E-state index in [-0.39, 0.29) is 34.6 Å². The fourth-order valence-corrected chi connectivity index (χ4v) is 3.33. The number of nitrogens with one attached hydrogen (secondary N) is 3. The molecule has 0 aliphatic heterocycles. The third kappa shape index (κ3) is 6.14. The smallest absolute Gasteiger partial charge is 0.295 e. The number of rotatable bonds is 6. The molecule has 0 radical (unpaired) electrons. The summed E-state index contributed by atoms with van der Waals surface area (Å²) in [5.41, 5.74) is 1.34. The normalized spacial score (nSPS) is 12.5. The van der Waals surface area contributed by atoms with Crippen LogP contribution in [-0.2, 0) is 11.8 Å². The van der Waals surface area contributed by atoms with Gasteiger partial charge in [0.2, 0.25) is 9.70 Å². The SMILES string of the molecule is Cc1c(NC(=S)NC(NC(=O)CC(C)C)C(Cl)(Cl)Cl)c(=O)n(-c2ccccc2)n1C. The summed E-state index contributed by atoms with van der Waals surface area (Å²) in [6.45, 7) is 5.58. The van der Waals surface area contributed by atoms with Crippen LogP contribution in [0, 0.1) is 12.8 Å². The van der Waals surface area contributed by atoms with E-state index in [2.05, 4.69) is 16.0 Å². The molecular formula is C19H24Cl3N5O2S. The molecule has 1 aromatic carbocycles. The van der Waals surface area contributed by atoms with Gasteiger partial charge in [0.25, 0.3) is 5.56 Å². The summed E-state index contributed by atoms with van der Waals surface area (Å²) in [5, 5.41) is 8.28. The molecule has 0 fully saturated rings. The van der Waals surface area contributed by atoms with Crippen molar-refractivity contribution in [1.29, 1.82) is 0 Å². The Morgan fingerprint density at radius 3 is 2.30 bits per heavy atom. The second-order valence-electron chi connectivity index (χ2n) is 7.18. The number of benzene rings is 1. The molecule has 1 atom stereocenters. The van der Waals surface area contributed by atoms with Gasteiger partial charge in [-0.05, 0) is 37.2 Å². The highest BCUT2D eigenvalue weighted by molar-refractivity contribution is 7.80. The van der Waals surface area contributed by atoms with E-state index in [9.17, 15) is 9.59 Å². The van der Waals surface area contributed by atoms with Gasteiger partial charge in [0.05, 0.1) is 11.4 Å². The number of halogens is 3. The van der Waals surface area contributed by atoms with Gasteiger partial charge in [-0.2, -0.15) is 0 Å². The highest BCUT2D eigenvalue weighted by atomic mass is 35.6. The molecule has 1 heterocycles. The zero-order valence-corrected chi connectivity index (χ0v) is 20.1. The average Bonchev–Trinajstić information content (AvgIpc) is 2.84. The average molecular weight is 493 g/mol. The van der Waals surface area contributed by atoms with E-state index in [1.807, 2.05) is 44.2 Å². The molecule has 0 saturated carbocycles. The summed E-state index contributed by atoms with van der Waals surface area (Å²) in [4.78, 5) is 25.1. The quantitative estimate of drug-likeness (QED) is 0.326. The minimum absolute atomic E-state index is 0.0298. The predicted octanol–water partition coefficient (Wildman–Crippen LogP) is 3.63. The van der Waals surface area contributed by atoms with Crippen molar-refractivity contribution in [2.24, 2.45) is 13.0 Å².